The molecule has 1 aliphatic rings. The first kappa shape index (κ1) is 20.5. The first-order valence-corrected chi connectivity index (χ1v) is 10.7. The van der Waals surface area contributed by atoms with Gasteiger partial charge in [-0.25, -0.2) is 0 Å². The summed E-state index contributed by atoms with van der Waals surface area (Å²) in [4.78, 5) is 0. The molecule has 2 heteroatoms. The lowest BCUT2D eigenvalue weighted by atomic mass is 9.90. The Bertz CT molecular complexity index is 436. The standard InChI is InChI=1S/C23H39NO/c1-3-5-6-7-8-10-21(4-2)22-14-12-20(13-15-22)16-17-24-19-23-11-9-18-25-23/h12-15,21,23-24H,3-11,16-19H2,1-2H3. The third-order valence-electron chi connectivity index (χ3n) is 5.59. The zero-order valence-electron chi connectivity index (χ0n) is 16.6. The zero-order chi connectivity index (χ0) is 17.7. The fourth-order valence-corrected chi connectivity index (χ4v) is 3.86. The van der Waals surface area contributed by atoms with Crippen molar-refractivity contribution < 1.29 is 4.74 Å². The van der Waals surface area contributed by atoms with E-state index in [9.17, 15) is 0 Å². The van der Waals surface area contributed by atoms with Crippen molar-refractivity contribution in [3.63, 3.8) is 0 Å². The number of ether oxygens (including phenoxy) is 1. The van der Waals surface area contributed by atoms with Crippen LogP contribution in [0.5, 0.6) is 0 Å². The lowest BCUT2D eigenvalue weighted by Crippen LogP contribution is -2.27. The summed E-state index contributed by atoms with van der Waals surface area (Å²) in [6, 6.07) is 9.41. The van der Waals surface area contributed by atoms with Crippen LogP contribution in [0.3, 0.4) is 0 Å². The van der Waals surface area contributed by atoms with Crippen molar-refractivity contribution in [2.45, 2.75) is 90.1 Å². The van der Waals surface area contributed by atoms with E-state index in [1.54, 1.807) is 0 Å². The van der Waals surface area contributed by atoms with Crippen molar-refractivity contribution >= 4 is 0 Å². The molecule has 0 radical (unpaired) electrons. The summed E-state index contributed by atoms with van der Waals surface area (Å²) in [6.45, 7) is 7.63. The maximum absolute atomic E-state index is 5.65. The molecule has 25 heavy (non-hydrogen) atoms. The fraction of sp³-hybridized carbons (Fsp3) is 0.739. The van der Waals surface area contributed by atoms with Gasteiger partial charge < -0.3 is 10.1 Å². The predicted octanol–water partition coefficient (Wildman–Crippen LogP) is 5.85. The molecule has 1 aliphatic heterocycles. The van der Waals surface area contributed by atoms with Crippen LogP contribution in [0.2, 0.25) is 0 Å². The molecule has 1 heterocycles. The van der Waals surface area contributed by atoms with E-state index in [1.165, 1.54) is 68.9 Å². The summed E-state index contributed by atoms with van der Waals surface area (Å²) >= 11 is 0. The highest BCUT2D eigenvalue weighted by Crippen LogP contribution is 2.26. The Morgan fingerprint density at radius 3 is 2.56 bits per heavy atom. The van der Waals surface area contributed by atoms with Gasteiger partial charge in [0.25, 0.3) is 0 Å². The van der Waals surface area contributed by atoms with E-state index in [0.717, 1.165) is 32.0 Å². The van der Waals surface area contributed by atoms with Crippen LogP contribution < -0.4 is 5.32 Å². The van der Waals surface area contributed by atoms with E-state index in [-0.39, 0.29) is 0 Å². The second-order valence-electron chi connectivity index (χ2n) is 7.64. The quantitative estimate of drug-likeness (QED) is 0.453. The third kappa shape index (κ3) is 7.92. The number of rotatable bonds is 13. The van der Waals surface area contributed by atoms with Gasteiger partial charge in [-0.2, -0.15) is 0 Å². The minimum atomic E-state index is 0.449. The Kier molecular flexibility index (Phi) is 10.2. The summed E-state index contributed by atoms with van der Waals surface area (Å²) in [5, 5.41) is 3.54. The van der Waals surface area contributed by atoms with E-state index in [2.05, 4.69) is 43.4 Å². The molecule has 0 spiro atoms. The van der Waals surface area contributed by atoms with E-state index >= 15 is 0 Å². The number of hydrogen-bond donors (Lipinski definition) is 1. The zero-order valence-corrected chi connectivity index (χ0v) is 16.6. The van der Waals surface area contributed by atoms with Gasteiger partial charge >= 0.3 is 0 Å². The van der Waals surface area contributed by atoms with Crippen molar-refractivity contribution in [1.29, 1.82) is 0 Å². The molecular formula is C23H39NO. The van der Waals surface area contributed by atoms with E-state index in [4.69, 9.17) is 4.74 Å². The predicted molar refractivity (Wildman–Crippen MR) is 108 cm³/mol. The number of nitrogens with one attached hydrogen (secondary N) is 1. The van der Waals surface area contributed by atoms with E-state index in [0.29, 0.717) is 6.10 Å². The molecule has 0 saturated carbocycles. The Labute approximate surface area is 155 Å². The molecule has 1 aromatic rings. The van der Waals surface area contributed by atoms with Gasteiger partial charge in [0, 0.05) is 13.2 Å². The van der Waals surface area contributed by atoms with Crippen molar-refractivity contribution in [3.8, 4) is 0 Å². The Morgan fingerprint density at radius 2 is 1.88 bits per heavy atom. The van der Waals surface area contributed by atoms with Gasteiger partial charge in [-0.05, 0) is 55.7 Å². The van der Waals surface area contributed by atoms with Gasteiger partial charge in [0.15, 0.2) is 0 Å². The SMILES string of the molecule is CCCCCCCC(CC)c1ccc(CCNCC2CCCO2)cc1. The van der Waals surface area contributed by atoms with Crippen molar-refractivity contribution in [2.75, 3.05) is 19.7 Å². The minimum absolute atomic E-state index is 0.449. The first-order valence-electron chi connectivity index (χ1n) is 10.7. The van der Waals surface area contributed by atoms with Crippen molar-refractivity contribution in [2.24, 2.45) is 0 Å². The summed E-state index contributed by atoms with van der Waals surface area (Å²) in [6.07, 6.45) is 13.5. The molecule has 0 bridgehead atoms. The summed E-state index contributed by atoms with van der Waals surface area (Å²) < 4.78 is 5.65. The van der Waals surface area contributed by atoms with Crippen LogP contribution in [0.25, 0.3) is 0 Å². The molecule has 2 unspecified atom stereocenters. The Hall–Kier alpha value is -0.860. The second-order valence-corrected chi connectivity index (χ2v) is 7.64. The molecule has 2 rings (SSSR count). The van der Waals surface area contributed by atoms with Crippen molar-refractivity contribution in [3.05, 3.63) is 35.4 Å². The Morgan fingerprint density at radius 1 is 1.08 bits per heavy atom. The normalized spacial score (nSPS) is 18.6. The summed E-state index contributed by atoms with van der Waals surface area (Å²) in [5.74, 6) is 0.744. The maximum Gasteiger partial charge on any atom is 0.0700 e. The van der Waals surface area contributed by atoms with Crippen LogP contribution in [-0.4, -0.2) is 25.8 Å². The molecule has 0 amide bonds. The highest BCUT2D eigenvalue weighted by atomic mass is 16.5. The van der Waals surface area contributed by atoms with Crippen LogP contribution in [0, 0.1) is 0 Å². The fourth-order valence-electron chi connectivity index (χ4n) is 3.86. The monoisotopic (exact) mass is 345 g/mol. The van der Waals surface area contributed by atoms with Gasteiger partial charge in [0.2, 0.25) is 0 Å². The average Bonchev–Trinajstić information content (AvgIpc) is 3.16. The minimum Gasteiger partial charge on any atom is -0.377 e. The molecule has 1 saturated heterocycles. The molecule has 1 fully saturated rings. The first-order chi connectivity index (χ1) is 12.3. The number of benzene rings is 1. The average molecular weight is 346 g/mol. The van der Waals surface area contributed by atoms with Gasteiger partial charge in [-0.3, -0.25) is 0 Å². The smallest absolute Gasteiger partial charge is 0.0700 e. The lowest BCUT2D eigenvalue weighted by Gasteiger charge is -2.16. The van der Waals surface area contributed by atoms with Crippen molar-refractivity contribution in [1.82, 2.24) is 5.32 Å². The van der Waals surface area contributed by atoms with Crippen LogP contribution in [0.1, 0.15) is 88.7 Å². The van der Waals surface area contributed by atoms with Crippen LogP contribution in [-0.2, 0) is 11.2 Å². The molecular weight excluding hydrogens is 306 g/mol. The van der Waals surface area contributed by atoms with Gasteiger partial charge in [-0.1, -0.05) is 70.2 Å². The van der Waals surface area contributed by atoms with E-state index < -0.39 is 0 Å². The second kappa shape index (κ2) is 12.5. The van der Waals surface area contributed by atoms with E-state index in [1.807, 2.05) is 0 Å². The lowest BCUT2D eigenvalue weighted by molar-refractivity contribution is 0.110. The van der Waals surface area contributed by atoms with Crippen LogP contribution >= 0.6 is 0 Å². The highest BCUT2D eigenvalue weighted by molar-refractivity contribution is 5.25. The molecule has 0 aliphatic carbocycles. The molecule has 2 nitrogen and oxygen atoms in total. The van der Waals surface area contributed by atoms with Crippen LogP contribution in [0.4, 0.5) is 0 Å². The molecule has 1 aromatic carbocycles. The molecule has 142 valence electrons. The molecule has 2 atom stereocenters. The third-order valence-corrected chi connectivity index (χ3v) is 5.59. The van der Waals surface area contributed by atoms with Gasteiger partial charge in [0.1, 0.15) is 0 Å². The summed E-state index contributed by atoms with van der Waals surface area (Å²) in [5.41, 5.74) is 2.98. The maximum atomic E-state index is 5.65. The number of hydrogen-bond acceptors (Lipinski definition) is 2. The number of unbranched alkanes of at least 4 members (excludes halogenated alkanes) is 4. The van der Waals surface area contributed by atoms with Crippen LogP contribution in [0.15, 0.2) is 24.3 Å². The topological polar surface area (TPSA) is 21.3 Å². The van der Waals surface area contributed by atoms with Gasteiger partial charge in [-0.15, -0.1) is 0 Å². The largest absolute Gasteiger partial charge is 0.377 e. The summed E-state index contributed by atoms with van der Waals surface area (Å²) in [7, 11) is 0. The molecule has 0 aromatic heterocycles. The van der Waals surface area contributed by atoms with Gasteiger partial charge in [0.05, 0.1) is 6.10 Å². The molecule has 1 N–H and O–H groups in total. The Balaban J connectivity index is 1.66. The highest BCUT2D eigenvalue weighted by Gasteiger charge is 2.14.